The van der Waals surface area contributed by atoms with Gasteiger partial charge in [-0.05, 0) is 37.1 Å². The highest BCUT2D eigenvalue weighted by Crippen LogP contribution is 2.32. The van der Waals surface area contributed by atoms with E-state index in [2.05, 4.69) is 4.90 Å². The molecule has 1 aromatic rings. The molecule has 19 heavy (non-hydrogen) atoms. The van der Waals surface area contributed by atoms with Crippen LogP contribution in [0.4, 0.5) is 13.2 Å². The Morgan fingerprint density at radius 1 is 1.37 bits per heavy atom. The van der Waals surface area contributed by atoms with Crippen molar-refractivity contribution < 1.29 is 18.3 Å². The largest absolute Gasteiger partial charge is 0.416 e. The number of rotatable bonds is 5. The molecule has 1 atom stereocenters. The van der Waals surface area contributed by atoms with E-state index in [-0.39, 0.29) is 0 Å². The zero-order valence-corrected chi connectivity index (χ0v) is 10.8. The van der Waals surface area contributed by atoms with Gasteiger partial charge in [-0.3, -0.25) is 4.90 Å². The van der Waals surface area contributed by atoms with Gasteiger partial charge in [0.05, 0.1) is 11.7 Å². The average molecular weight is 273 g/mol. The topological polar surface area (TPSA) is 23.5 Å². The van der Waals surface area contributed by atoms with Gasteiger partial charge in [-0.25, -0.2) is 0 Å². The normalized spacial score (nSPS) is 17.8. The van der Waals surface area contributed by atoms with Crippen molar-refractivity contribution in [2.45, 2.75) is 38.1 Å². The first-order chi connectivity index (χ1) is 8.91. The molecule has 2 nitrogen and oxygen atoms in total. The fourth-order valence-corrected chi connectivity index (χ4v) is 2.23. The van der Waals surface area contributed by atoms with Gasteiger partial charge >= 0.3 is 6.18 Å². The minimum atomic E-state index is -4.36. The molecule has 1 fully saturated rings. The maximum Gasteiger partial charge on any atom is 0.416 e. The van der Waals surface area contributed by atoms with Crippen molar-refractivity contribution in [3.8, 4) is 0 Å². The van der Waals surface area contributed by atoms with Gasteiger partial charge < -0.3 is 5.11 Å². The van der Waals surface area contributed by atoms with E-state index < -0.39 is 17.8 Å². The summed E-state index contributed by atoms with van der Waals surface area (Å²) >= 11 is 0. The number of nitrogens with zero attached hydrogens (tertiary/aromatic N) is 1. The average Bonchev–Trinajstić information content (AvgIpc) is 3.19. The number of alkyl halides is 3. The summed E-state index contributed by atoms with van der Waals surface area (Å²) in [5.74, 6) is 0. The van der Waals surface area contributed by atoms with E-state index in [9.17, 15) is 18.3 Å². The molecular weight excluding hydrogens is 255 g/mol. The standard InChI is InChI=1S/C14H18F3NO/c1-2-18(12-6-7-12)9-13(19)10-4-3-5-11(8-10)14(15,16)17/h3-5,8,12-13,19H,2,6-7,9H2,1H3. The molecule has 0 saturated heterocycles. The van der Waals surface area contributed by atoms with Crippen LogP contribution in [0.1, 0.15) is 37.0 Å². The molecule has 106 valence electrons. The lowest BCUT2D eigenvalue weighted by molar-refractivity contribution is -0.137. The zero-order valence-electron chi connectivity index (χ0n) is 10.8. The second-order valence-corrected chi connectivity index (χ2v) is 4.96. The summed E-state index contributed by atoms with van der Waals surface area (Å²) in [7, 11) is 0. The Bertz CT molecular complexity index is 429. The predicted octanol–water partition coefficient (Wildman–Crippen LogP) is 3.22. The lowest BCUT2D eigenvalue weighted by Crippen LogP contribution is -2.30. The first-order valence-electron chi connectivity index (χ1n) is 6.51. The summed E-state index contributed by atoms with van der Waals surface area (Å²) in [5.41, 5.74) is -0.382. The lowest BCUT2D eigenvalue weighted by Gasteiger charge is -2.23. The van der Waals surface area contributed by atoms with Crippen LogP contribution in [0.5, 0.6) is 0 Å². The second kappa shape index (κ2) is 5.51. The van der Waals surface area contributed by atoms with Gasteiger partial charge in [0.1, 0.15) is 0 Å². The van der Waals surface area contributed by atoms with Crippen LogP contribution in [0.2, 0.25) is 0 Å². The van der Waals surface area contributed by atoms with Crippen molar-refractivity contribution in [1.82, 2.24) is 4.90 Å². The van der Waals surface area contributed by atoms with E-state index in [1.54, 1.807) is 6.07 Å². The van der Waals surface area contributed by atoms with E-state index in [1.807, 2.05) is 6.92 Å². The third-order valence-electron chi connectivity index (χ3n) is 3.48. The molecule has 2 rings (SSSR count). The van der Waals surface area contributed by atoms with Crippen molar-refractivity contribution in [2.24, 2.45) is 0 Å². The highest BCUT2D eigenvalue weighted by atomic mass is 19.4. The molecule has 0 radical (unpaired) electrons. The van der Waals surface area contributed by atoms with E-state index in [0.29, 0.717) is 18.2 Å². The molecule has 1 saturated carbocycles. The monoisotopic (exact) mass is 273 g/mol. The molecule has 0 spiro atoms. The molecule has 1 aromatic carbocycles. The van der Waals surface area contributed by atoms with Crippen LogP contribution < -0.4 is 0 Å². The smallest absolute Gasteiger partial charge is 0.387 e. The molecule has 1 N–H and O–H groups in total. The van der Waals surface area contributed by atoms with E-state index >= 15 is 0 Å². The Labute approximate surface area is 110 Å². The number of halogens is 3. The van der Waals surface area contributed by atoms with E-state index in [1.165, 1.54) is 6.07 Å². The third kappa shape index (κ3) is 3.70. The van der Waals surface area contributed by atoms with Crippen LogP contribution in [-0.2, 0) is 6.18 Å². The molecule has 5 heteroatoms. The van der Waals surface area contributed by atoms with Gasteiger partial charge in [0, 0.05) is 12.6 Å². The second-order valence-electron chi connectivity index (χ2n) is 4.96. The number of benzene rings is 1. The van der Waals surface area contributed by atoms with E-state index in [4.69, 9.17) is 0 Å². The Morgan fingerprint density at radius 3 is 2.58 bits per heavy atom. The summed E-state index contributed by atoms with van der Waals surface area (Å²) in [6, 6.07) is 5.43. The lowest BCUT2D eigenvalue weighted by atomic mass is 10.1. The third-order valence-corrected chi connectivity index (χ3v) is 3.48. The molecule has 0 heterocycles. The number of hydrogen-bond acceptors (Lipinski definition) is 2. The first kappa shape index (κ1) is 14.3. The molecule has 0 bridgehead atoms. The molecule has 0 aromatic heterocycles. The predicted molar refractivity (Wildman–Crippen MR) is 66.7 cm³/mol. The summed E-state index contributed by atoms with van der Waals surface area (Å²) in [4.78, 5) is 2.12. The molecule has 0 amide bonds. The van der Waals surface area contributed by atoms with Gasteiger partial charge in [-0.2, -0.15) is 13.2 Å². The minimum Gasteiger partial charge on any atom is -0.387 e. The summed E-state index contributed by atoms with van der Waals surface area (Å²) in [6.07, 6.45) is -3.01. The minimum absolute atomic E-state index is 0.328. The van der Waals surface area contributed by atoms with Gasteiger partial charge in [-0.1, -0.05) is 19.1 Å². The van der Waals surface area contributed by atoms with Crippen LogP contribution in [0, 0.1) is 0 Å². The maximum absolute atomic E-state index is 12.6. The van der Waals surface area contributed by atoms with Crippen LogP contribution >= 0.6 is 0 Å². The van der Waals surface area contributed by atoms with Crippen molar-refractivity contribution in [2.75, 3.05) is 13.1 Å². The summed E-state index contributed by atoms with van der Waals surface area (Å²) in [6.45, 7) is 3.19. The van der Waals surface area contributed by atoms with E-state index in [0.717, 1.165) is 31.5 Å². The molecule has 1 aliphatic carbocycles. The van der Waals surface area contributed by atoms with Crippen LogP contribution in [0.3, 0.4) is 0 Å². The summed E-state index contributed by atoms with van der Waals surface area (Å²) in [5, 5.41) is 10.1. The van der Waals surface area contributed by atoms with Crippen molar-refractivity contribution in [1.29, 1.82) is 0 Å². The number of aliphatic hydroxyl groups excluding tert-OH is 1. The first-order valence-corrected chi connectivity index (χ1v) is 6.51. The van der Waals surface area contributed by atoms with Crippen molar-refractivity contribution in [3.63, 3.8) is 0 Å². The maximum atomic E-state index is 12.6. The Kier molecular flexibility index (Phi) is 4.16. The van der Waals surface area contributed by atoms with Crippen molar-refractivity contribution in [3.05, 3.63) is 35.4 Å². The fourth-order valence-electron chi connectivity index (χ4n) is 2.23. The number of hydrogen-bond donors (Lipinski definition) is 1. The Morgan fingerprint density at radius 2 is 2.05 bits per heavy atom. The van der Waals surface area contributed by atoms with Crippen molar-refractivity contribution >= 4 is 0 Å². The molecular formula is C14H18F3NO. The number of aliphatic hydroxyl groups is 1. The fraction of sp³-hybridized carbons (Fsp3) is 0.571. The van der Waals surface area contributed by atoms with Crippen LogP contribution in [0.25, 0.3) is 0 Å². The molecule has 1 unspecified atom stereocenters. The zero-order chi connectivity index (χ0) is 14.0. The van der Waals surface area contributed by atoms with Gasteiger partial charge in [-0.15, -0.1) is 0 Å². The highest BCUT2D eigenvalue weighted by molar-refractivity contribution is 5.27. The van der Waals surface area contributed by atoms with Gasteiger partial charge in [0.15, 0.2) is 0 Å². The summed E-state index contributed by atoms with van der Waals surface area (Å²) < 4.78 is 37.8. The Hall–Kier alpha value is -1.07. The molecule has 1 aliphatic rings. The number of likely N-dealkylation sites (N-methyl/N-ethyl adjacent to an activating group) is 1. The van der Waals surface area contributed by atoms with Gasteiger partial charge in [0.25, 0.3) is 0 Å². The molecule has 0 aliphatic heterocycles. The highest BCUT2D eigenvalue weighted by Gasteiger charge is 2.32. The van der Waals surface area contributed by atoms with Crippen LogP contribution in [0.15, 0.2) is 24.3 Å². The van der Waals surface area contributed by atoms with Crippen LogP contribution in [-0.4, -0.2) is 29.1 Å². The quantitative estimate of drug-likeness (QED) is 0.890. The van der Waals surface area contributed by atoms with Gasteiger partial charge in [0.2, 0.25) is 0 Å². The SMILES string of the molecule is CCN(CC(O)c1cccc(C(F)(F)F)c1)C1CC1. The Balaban J connectivity index is 2.08.